The van der Waals surface area contributed by atoms with Crippen molar-refractivity contribution in [3.63, 3.8) is 0 Å². The van der Waals surface area contributed by atoms with Gasteiger partial charge in [-0.05, 0) is 29.8 Å². The molecule has 4 amide bonds. The Balaban J connectivity index is 1.10. The summed E-state index contributed by atoms with van der Waals surface area (Å²) >= 11 is 0. The number of nitrogens with one attached hydrogen (secondary N) is 2. The van der Waals surface area contributed by atoms with Crippen LogP contribution in [0.1, 0.15) is 64.9 Å². The normalized spacial score (nSPS) is 22.5. The van der Waals surface area contributed by atoms with Crippen molar-refractivity contribution in [2.45, 2.75) is 30.8 Å². The Morgan fingerprint density at radius 2 is 1.58 bits per heavy atom. The molecule has 3 aliphatic rings. The molecule has 222 valence electrons. The summed E-state index contributed by atoms with van der Waals surface area (Å²) in [5.74, 6) is -1.84. The lowest BCUT2D eigenvalue weighted by atomic mass is 9.86. The number of carbonyl (C=O) groups excluding carboxylic acids is 4. The van der Waals surface area contributed by atoms with E-state index in [0.717, 1.165) is 5.56 Å². The van der Waals surface area contributed by atoms with Crippen LogP contribution < -0.4 is 15.4 Å². The molecule has 0 aliphatic carbocycles. The van der Waals surface area contributed by atoms with Crippen LogP contribution in [0, 0.1) is 0 Å². The largest absolute Gasteiger partial charge is 0.486 e. The Labute approximate surface area is 247 Å². The zero-order valence-electron chi connectivity index (χ0n) is 23.4. The smallest absolute Gasteiger partial charge is 0.261 e. The first-order chi connectivity index (χ1) is 20.9. The first kappa shape index (κ1) is 28.5. The SMILES string of the molecule is CNC(=O)c1cc(C(=O)NCCC2OCC(N3C(=O)c4ccccc4C3=O)CO2)cc2c1O[C@H](CF)[C@H]2c1ccccc1. The lowest BCUT2D eigenvalue weighted by molar-refractivity contribution is -0.198. The Hall–Kier alpha value is -4.61. The summed E-state index contributed by atoms with van der Waals surface area (Å²) in [6.45, 7) is -0.348. The molecule has 0 aromatic heterocycles. The fraction of sp³-hybridized carbons (Fsp3) is 0.312. The van der Waals surface area contributed by atoms with Crippen LogP contribution in [0.5, 0.6) is 5.75 Å². The molecule has 2 atom stereocenters. The van der Waals surface area contributed by atoms with Crippen LogP contribution in [0.25, 0.3) is 0 Å². The Morgan fingerprint density at radius 3 is 2.21 bits per heavy atom. The van der Waals surface area contributed by atoms with Gasteiger partial charge in [0.25, 0.3) is 23.6 Å². The quantitative estimate of drug-likeness (QED) is 0.389. The maximum Gasteiger partial charge on any atom is 0.261 e. The van der Waals surface area contributed by atoms with Crippen molar-refractivity contribution in [1.29, 1.82) is 0 Å². The van der Waals surface area contributed by atoms with Crippen molar-refractivity contribution in [2.75, 3.05) is 33.5 Å². The van der Waals surface area contributed by atoms with Crippen molar-refractivity contribution in [3.05, 3.63) is 100 Å². The monoisotopic (exact) mass is 587 g/mol. The number of halogens is 1. The lowest BCUT2D eigenvalue weighted by Crippen LogP contribution is -2.50. The van der Waals surface area contributed by atoms with E-state index in [1.165, 1.54) is 18.0 Å². The number of hydrogen-bond donors (Lipinski definition) is 2. The van der Waals surface area contributed by atoms with E-state index >= 15 is 0 Å². The third-order valence-electron chi connectivity index (χ3n) is 7.94. The van der Waals surface area contributed by atoms with E-state index in [1.54, 1.807) is 30.3 Å². The highest BCUT2D eigenvalue weighted by Crippen LogP contribution is 2.45. The van der Waals surface area contributed by atoms with Gasteiger partial charge in [-0.15, -0.1) is 0 Å². The maximum absolute atomic E-state index is 14.1. The van der Waals surface area contributed by atoms with E-state index in [2.05, 4.69) is 10.6 Å². The first-order valence-electron chi connectivity index (χ1n) is 14.1. The second-order valence-electron chi connectivity index (χ2n) is 10.5. The van der Waals surface area contributed by atoms with Gasteiger partial charge in [0.05, 0.1) is 41.9 Å². The number of fused-ring (bicyclic) bond motifs is 2. The van der Waals surface area contributed by atoms with Gasteiger partial charge in [-0.2, -0.15) is 0 Å². The summed E-state index contributed by atoms with van der Waals surface area (Å²) in [5.41, 5.74) is 2.50. The zero-order valence-corrected chi connectivity index (χ0v) is 23.4. The van der Waals surface area contributed by atoms with Gasteiger partial charge in [0.15, 0.2) is 6.29 Å². The minimum Gasteiger partial charge on any atom is -0.486 e. The third kappa shape index (κ3) is 5.26. The fourth-order valence-corrected chi connectivity index (χ4v) is 5.84. The predicted molar refractivity (Wildman–Crippen MR) is 152 cm³/mol. The molecular weight excluding hydrogens is 557 g/mol. The average Bonchev–Trinajstić information content (AvgIpc) is 3.55. The molecule has 0 spiro atoms. The summed E-state index contributed by atoms with van der Waals surface area (Å²) in [4.78, 5) is 52.7. The molecule has 2 N–H and O–H groups in total. The molecule has 1 saturated heterocycles. The van der Waals surface area contributed by atoms with Crippen molar-refractivity contribution in [2.24, 2.45) is 0 Å². The summed E-state index contributed by atoms with van der Waals surface area (Å²) in [6.07, 6.45) is -1.16. The van der Waals surface area contributed by atoms with Gasteiger partial charge in [-0.25, -0.2) is 4.39 Å². The summed E-state index contributed by atoms with van der Waals surface area (Å²) in [6, 6.07) is 18.5. The van der Waals surface area contributed by atoms with Gasteiger partial charge in [0, 0.05) is 31.1 Å². The molecular formula is C32H30FN3O7. The second-order valence-corrected chi connectivity index (χ2v) is 10.5. The summed E-state index contributed by atoms with van der Waals surface area (Å²) in [7, 11) is 1.47. The van der Waals surface area contributed by atoms with Crippen molar-refractivity contribution >= 4 is 23.6 Å². The third-order valence-corrected chi connectivity index (χ3v) is 7.94. The number of rotatable bonds is 8. The van der Waals surface area contributed by atoms with Gasteiger partial charge in [0.1, 0.15) is 18.5 Å². The molecule has 3 aliphatic heterocycles. The number of carbonyl (C=O) groups is 4. The highest BCUT2D eigenvalue weighted by molar-refractivity contribution is 6.21. The topological polar surface area (TPSA) is 123 Å². The number of alkyl halides is 1. The molecule has 3 aromatic carbocycles. The molecule has 43 heavy (non-hydrogen) atoms. The van der Waals surface area contributed by atoms with Crippen LogP contribution in [0.3, 0.4) is 0 Å². The van der Waals surface area contributed by atoms with Gasteiger partial charge >= 0.3 is 0 Å². The molecule has 0 radical (unpaired) electrons. The molecule has 0 unspecified atom stereocenters. The number of benzene rings is 3. The first-order valence-corrected chi connectivity index (χ1v) is 14.1. The maximum atomic E-state index is 14.1. The summed E-state index contributed by atoms with van der Waals surface area (Å²) in [5, 5.41) is 5.39. The van der Waals surface area contributed by atoms with Crippen molar-refractivity contribution < 1.29 is 37.8 Å². The van der Waals surface area contributed by atoms with Crippen LogP contribution >= 0.6 is 0 Å². The van der Waals surface area contributed by atoms with Crippen LogP contribution in [0.2, 0.25) is 0 Å². The van der Waals surface area contributed by atoms with Crippen LogP contribution in [-0.2, 0) is 9.47 Å². The van der Waals surface area contributed by atoms with Gasteiger partial charge in [0.2, 0.25) is 0 Å². The standard InChI is InChI=1S/C32H30FN3O7/c1-34-30(38)24-14-19(13-23-27(18-7-3-2-4-8-18)25(15-33)43-28(23)24)29(37)35-12-11-26-41-16-20(17-42-26)36-31(39)21-9-5-6-10-22(21)32(36)40/h2-10,13-14,20,25-27H,11-12,15-17H2,1H3,(H,34,38)(H,35,37)/t20?,25-,26?,27+/m1/s1. The highest BCUT2D eigenvalue weighted by Gasteiger charge is 2.42. The number of hydrogen-bond acceptors (Lipinski definition) is 7. The molecule has 10 nitrogen and oxygen atoms in total. The molecule has 11 heteroatoms. The van der Waals surface area contributed by atoms with Crippen LogP contribution in [-0.4, -0.2) is 80.4 Å². The molecule has 3 aromatic rings. The number of nitrogens with zero attached hydrogens (tertiary/aromatic N) is 1. The number of amides is 4. The van der Waals surface area contributed by atoms with E-state index in [-0.39, 0.29) is 48.4 Å². The second kappa shape index (κ2) is 11.9. The number of ether oxygens (including phenoxy) is 3. The van der Waals surface area contributed by atoms with Crippen molar-refractivity contribution in [3.8, 4) is 5.75 Å². The van der Waals surface area contributed by atoms with E-state index in [0.29, 0.717) is 23.1 Å². The highest BCUT2D eigenvalue weighted by atomic mass is 19.1. The Kier molecular flexibility index (Phi) is 7.92. The molecule has 3 heterocycles. The fourth-order valence-electron chi connectivity index (χ4n) is 5.84. The zero-order chi connectivity index (χ0) is 30.1. The average molecular weight is 588 g/mol. The summed E-state index contributed by atoms with van der Waals surface area (Å²) < 4.78 is 31.5. The number of imide groups is 1. The van der Waals surface area contributed by atoms with E-state index in [9.17, 15) is 23.6 Å². The molecule has 0 saturated carbocycles. The Bertz CT molecular complexity index is 1540. The van der Waals surface area contributed by atoms with Gasteiger partial charge in [-0.3, -0.25) is 24.1 Å². The molecule has 1 fully saturated rings. The van der Waals surface area contributed by atoms with E-state index < -0.39 is 42.8 Å². The van der Waals surface area contributed by atoms with Gasteiger partial charge in [-0.1, -0.05) is 42.5 Å². The van der Waals surface area contributed by atoms with E-state index in [4.69, 9.17) is 14.2 Å². The predicted octanol–water partition coefficient (Wildman–Crippen LogP) is 3.07. The molecule has 0 bridgehead atoms. The lowest BCUT2D eigenvalue weighted by Gasteiger charge is -2.33. The van der Waals surface area contributed by atoms with Gasteiger partial charge < -0.3 is 24.8 Å². The van der Waals surface area contributed by atoms with Crippen molar-refractivity contribution in [1.82, 2.24) is 15.5 Å². The Morgan fingerprint density at radius 1 is 0.930 bits per heavy atom. The molecule has 6 rings (SSSR count). The van der Waals surface area contributed by atoms with E-state index in [1.807, 2.05) is 30.3 Å². The van der Waals surface area contributed by atoms with Crippen LogP contribution in [0.15, 0.2) is 66.7 Å². The minimum absolute atomic E-state index is 0.112. The van der Waals surface area contributed by atoms with Crippen LogP contribution in [0.4, 0.5) is 4.39 Å². The minimum atomic E-state index is -0.830.